The van der Waals surface area contributed by atoms with Gasteiger partial charge in [0.15, 0.2) is 0 Å². The summed E-state index contributed by atoms with van der Waals surface area (Å²) in [4.78, 5) is 8.73. The lowest BCUT2D eigenvalue weighted by atomic mass is 9.70. The van der Waals surface area contributed by atoms with Gasteiger partial charge in [0.25, 0.3) is 0 Å². The molecule has 3 aliphatic rings. The third-order valence-electron chi connectivity index (χ3n) is 10.3. The zero-order valence-corrected chi connectivity index (χ0v) is 32.6. The van der Waals surface area contributed by atoms with E-state index in [4.69, 9.17) is 15.9 Å². The second-order valence-electron chi connectivity index (χ2n) is 18.1. The van der Waals surface area contributed by atoms with E-state index in [0.29, 0.717) is 31.1 Å². The minimum Gasteiger partial charge on any atom is -0.387 e. The largest absolute Gasteiger partial charge is 0.387 e. The van der Waals surface area contributed by atoms with Gasteiger partial charge in [-0.05, 0) is 120 Å². The maximum absolute atomic E-state index is 7.71. The minimum atomic E-state index is 0.191. The summed E-state index contributed by atoms with van der Waals surface area (Å²) in [6.07, 6.45) is 12.1. The lowest BCUT2D eigenvalue weighted by Crippen LogP contribution is -2.63. The van der Waals surface area contributed by atoms with Crippen molar-refractivity contribution < 1.29 is 4.74 Å². The Morgan fingerprint density at radius 2 is 1.28 bits per heavy atom. The molecule has 0 saturated carbocycles. The standard InChI is InChI=1S/C29H59N3.C9H18N4O/c1-22(2)32(25-20-28(8,9)31-29(10,11)21-25)17-15-13-12-14-16-23(3)24-18-26(4,5)30-27(6,7)19-24;1-7(2)8(10)12-9(11)13-3-5-14-6-4-13/h22-25,30-31H,12-21H2,1-11H3;7H,3-6H2,1-2H3,(H3,10,11,12). The first kappa shape index (κ1) is 41.0. The van der Waals surface area contributed by atoms with E-state index < -0.39 is 0 Å². The van der Waals surface area contributed by atoms with Gasteiger partial charge < -0.3 is 26.0 Å². The zero-order chi connectivity index (χ0) is 34.9. The first-order valence-electron chi connectivity index (χ1n) is 18.7. The third-order valence-corrected chi connectivity index (χ3v) is 10.3. The van der Waals surface area contributed by atoms with E-state index >= 15 is 0 Å². The number of hydrogen-bond donors (Lipinski definition) is 4. The Kier molecular flexibility index (Phi) is 15.5. The van der Waals surface area contributed by atoms with Crippen LogP contribution in [-0.2, 0) is 4.74 Å². The maximum Gasteiger partial charge on any atom is 0.219 e. The molecule has 3 heterocycles. The summed E-state index contributed by atoms with van der Waals surface area (Å²) in [5.41, 5.74) is 6.69. The van der Waals surface area contributed by atoms with Crippen molar-refractivity contribution in [3.63, 3.8) is 0 Å². The second kappa shape index (κ2) is 17.4. The van der Waals surface area contributed by atoms with Gasteiger partial charge in [-0.1, -0.05) is 46.5 Å². The highest BCUT2D eigenvalue weighted by Crippen LogP contribution is 2.38. The molecule has 0 aromatic rings. The molecule has 0 aromatic heterocycles. The number of nitrogens with one attached hydrogen (secondary N) is 3. The van der Waals surface area contributed by atoms with Crippen molar-refractivity contribution in [2.75, 3.05) is 32.8 Å². The molecule has 3 saturated heterocycles. The molecule has 0 spiro atoms. The summed E-state index contributed by atoms with van der Waals surface area (Å²) in [7, 11) is 0. The van der Waals surface area contributed by atoms with Crippen molar-refractivity contribution >= 4 is 11.8 Å². The molecule has 0 bridgehead atoms. The van der Waals surface area contributed by atoms with Gasteiger partial charge in [-0.15, -0.1) is 0 Å². The number of rotatable bonds is 11. The number of nitrogens with zero attached hydrogens (tertiary/aromatic N) is 3. The SMILES string of the molecule is CC(C)/C(N)=N/C(=N)N1CCOCC1.CC(CCCCCCN(C(C)C)C1CC(C)(C)NC(C)(C)C1)C1CC(C)(C)NC(C)(C)C1. The molecular formula is C38H77N7O. The molecule has 1 atom stereocenters. The van der Waals surface area contributed by atoms with Crippen LogP contribution in [0.3, 0.4) is 0 Å². The molecule has 3 rings (SSSR count). The number of hydrogen-bond acceptors (Lipinski definition) is 5. The Morgan fingerprint density at radius 3 is 1.76 bits per heavy atom. The van der Waals surface area contributed by atoms with E-state index in [0.717, 1.165) is 24.9 Å². The van der Waals surface area contributed by atoms with Crippen LogP contribution in [0.4, 0.5) is 0 Å². The van der Waals surface area contributed by atoms with Gasteiger partial charge in [-0.3, -0.25) is 10.3 Å². The molecule has 8 heteroatoms. The first-order chi connectivity index (χ1) is 21.1. The highest BCUT2D eigenvalue weighted by atomic mass is 16.5. The number of nitrogens with two attached hydrogens (primary N) is 1. The summed E-state index contributed by atoms with van der Waals surface area (Å²) in [5, 5.41) is 15.4. The lowest BCUT2D eigenvalue weighted by Gasteiger charge is -2.50. The quantitative estimate of drug-likeness (QED) is 0.106. The van der Waals surface area contributed by atoms with Gasteiger partial charge in [0.2, 0.25) is 5.96 Å². The van der Waals surface area contributed by atoms with Gasteiger partial charge in [-0.2, -0.15) is 0 Å². The highest BCUT2D eigenvalue weighted by molar-refractivity contribution is 5.94. The highest BCUT2D eigenvalue weighted by Gasteiger charge is 2.41. The number of amidine groups is 1. The molecule has 1 unspecified atom stereocenters. The Hall–Kier alpha value is -1.22. The fourth-order valence-corrected chi connectivity index (χ4v) is 8.62. The Bertz CT molecular complexity index is 917. The van der Waals surface area contributed by atoms with Crippen LogP contribution in [0.15, 0.2) is 4.99 Å². The van der Waals surface area contributed by atoms with Crippen LogP contribution in [0, 0.1) is 23.2 Å². The normalized spacial score (nSPS) is 24.2. The van der Waals surface area contributed by atoms with E-state index in [2.05, 4.69) is 96.7 Å². The van der Waals surface area contributed by atoms with Gasteiger partial charge in [-0.25, -0.2) is 4.99 Å². The fourth-order valence-electron chi connectivity index (χ4n) is 8.62. The van der Waals surface area contributed by atoms with E-state index in [-0.39, 0.29) is 34.0 Å². The average Bonchev–Trinajstić information content (AvgIpc) is 2.89. The molecule has 0 aliphatic carbocycles. The molecular weight excluding hydrogens is 570 g/mol. The number of ether oxygens (including phenoxy) is 1. The Labute approximate surface area is 285 Å². The van der Waals surface area contributed by atoms with Gasteiger partial charge >= 0.3 is 0 Å². The van der Waals surface area contributed by atoms with E-state index in [1.54, 1.807) is 0 Å². The van der Waals surface area contributed by atoms with Crippen LogP contribution in [0.1, 0.15) is 148 Å². The van der Waals surface area contributed by atoms with Crippen molar-refractivity contribution in [3.05, 3.63) is 0 Å². The van der Waals surface area contributed by atoms with Gasteiger partial charge in [0.05, 0.1) is 13.2 Å². The molecule has 0 aromatic carbocycles. The number of unbranched alkanes of at least 4 members (excludes halogenated alkanes) is 3. The van der Waals surface area contributed by atoms with Crippen molar-refractivity contribution in [2.24, 2.45) is 28.5 Å². The van der Waals surface area contributed by atoms with Gasteiger partial charge in [0, 0.05) is 53.2 Å². The summed E-state index contributed by atoms with van der Waals surface area (Å²) in [6.45, 7) is 34.4. The fraction of sp³-hybridized carbons (Fsp3) is 0.947. The van der Waals surface area contributed by atoms with Crippen molar-refractivity contribution in [2.45, 2.75) is 182 Å². The summed E-state index contributed by atoms with van der Waals surface area (Å²) < 4.78 is 5.18. The topological polar surface area (TPSA) is 102 Å². The van der Waals surface area contributed by atoms with E-state index in [9.17, 15) is 0 Å². The Balaban J connectivity index is 0.000000438. The maximum atomic E-state index is 7.71. The van der Waals surface area contributed by atoms with Crippen molar-refractivity contribution in [3.8, 4) is 0 Å². The molecule has 46 heavy (non-hydrogen) atoms. The van der Waals surface area contributed by atoms with Crippen LogP contribution in [0.25, 0.3) is 0 Å². The Morgan fingerprint density at radius 1 is 0.804 bits per heavy atom. The summed E-state index contributed by atoms with van der Waals surface area (Å²) >= 11 is 0. The van der Waals surface area contributed by atoms with Crippen LogP contribution < -0.4 is 16.4 Å². The molecule has 3 fully saturated rings. The van der Waals surface area contributed by atoms with E-state index in [1.807, 2.05) is 18.7 Å². The molecule has 3 aliphatic heterocycles. The van der Waals surface area contributed by atoms with Crippen LogP contribution in [0.5, 0.6) is 0 Å². The smallest absolute Gasteiger partial charge is 0.219 e. The van der Waals surface area contributed by atoms with Crippen LogP contribution in [0.2, 0.25) is 0 Å². The summed E-state index contributed by atoms with van der Waals surface area (Å²) in [6, 6.07) is 1.34. The molecule has 0 radical (unpaired) electrons. The lowest BCUT2D eigenvalue weighted by molar-refractivity contribution is 0.0465. The van der Waals surface area contributed by atoms with Crippen molar-refractivity contribution in [1.29, 1.82) is 5.41 Å². The minimum absolute atomic E-state index is 0.191. The third kappa shape index (κ3) is 14.5. The monoisotopic (exact) mass is 648 g/mol. The molecule has 8 nitrogen and oxygen atoms in total. The second-order valence-corrected chi connectivity index (χ2v) is 18.1. The number of morpholine rings is 1. The molecule has 5 N–H and O–H groups in total. The number of piperidine rings is 2. The zero-order valence-electron chi connectivity index (χ0n) is 32.6. The first-order valence-corrected chi connectivity index (χ1v) is 18.7. The average molecular weight is 648 g/mol. The summed E-state index contributed by atoms with van der Waals surface area (Å²) in [5.74, 6) is 2.67. The predicted octanol–water partition coefficient (Wildman–Crippen LogP) is 7.42. The van der Waals surface area contributed by atoms with Crippen molar-refractivity contribution in [1.82, 2.24) is 20.4 Å². The number of aliphatic imine (C=N–C) groups is 1. The van der Waals surface area contributed by atoms with E-state index in [1.165, 1.54) is 64.3 Å². The van der Waals surface area contributed by atoms with Crippen LogP contribution >= 0.6 is 0 Å². The number of guanidine groups is 1. The molecule has 270 valence electrons. The molecule has 0 amide bonds. The van der Waals surface area contributed by atoms with Gasteiger partial charge in [0.1, 0.15) is 5.84 Å². The predicted molar refractivity (Wildman–Crippen MR) is 199 cm³/mol. The van der Waals surface area contributed by atoms with Crippen LogP contribution in [-0.4, -0.2) is 88.7 Å².